The Balaban J connectivity index is 1.91. The highest BCUT2D eigenvalue weighted by Crippen LogP contribution is 2.49. The molecule has 0 spiro atoms. The van der Waals surface area contributed by atoms with Gasteiger partial charge in [0.15, 0.2) is 5.78 Å². The zero-order valence-corrected chi connectivity index (χ0v) is 21.6. The maximum Gasteiger partial charge on any atom is 0.336 e. The lowest BCUT2D eigenvalue weighted by Crippen LogP contribution is -2.43. The van der Waals surface area contributed by atoms with E-state index in [0.717, 1.165) is 21.3 Å². The molecule has 1 heterocycles. The minimum absolute atomic E-state index is 0.176. The molecule has 1 N–H and O–H groups in total. The van der Waals surface area contributed by atoms with Crippen LogP contribution in [0.25, 0.3) is 0 Å². The predicted octanol–water partition coefficient (Wildman–Crippen LogP) is 5.16. The van der Waals surface area contributed by atoms with E-state index in [1.54, 1.807) is 13.8 Å². The molecule has 1 aliphatic heterocycles. The van der Waals surface area contributed by atoms with E-state index in [0.29, 0.717) is 23.3 Å². The molecule has 0 saturated carbocycles. The van der Waals surface area contributed by atoms with Gasteiger partial charge in [0, 0.05) is 33.3 Å². The summed E-state index contributed by atoms with van der Waals surface area (Å²) in [5.74, 6) is -3.44. The number of ether oxygens (including phenoxy) is 2. The SMILES string of the molecule is CCOC(=O)C1=C(C)NC2=C(C(=O)C(C(=O)OCC)C(c3ccccc3)C2)C1c1ccccc1Br. The molecule has 3 atom stereocenters. The van der Waals surface area contributed by atoms with Gasteiger partial charge in [-0.05, 0) is 44.4 Å². The van der Waals surface area contributed by atoms with Crippen LogP contribution in [0.1, 0.15) is 50.2 Å². The molecule has 3 unspecified atom stereocenters. The first-order chi connectivity index (χ1) is 16.9. The fourth-order valence-electron chi connectivity index (χ4n) is 5.05. The number of benzene rings is 2. The highest BCUT2D eigenvalue weighted by Gasteiger charge is 2.49. The molecular formula is C28H28BrNO5. The van der Waals surface area contributed by atoms with E-state index in [2.05, 4.69) is 21.2 Å². The Hall–Kier alpha value is -3.19. The highest BCUT2D eigenvalue weighted by molar-refractivity contribution is 9.10. The van der Waals surface area contributed by atoms with Crippen molar-refractivity contribution in [3.63, 3.8) is 0 Å². The molecule has 2 aliphatic rings. The molecule has 2 aromatic rings. The number of Topliss-reactive ketones (excluding diaryl/α,β-unsaturated/α-hetero) is 1. The molecule has 0 aromatic heterocycles. The van der Waals surface area contributed by atoms with Crippen LogP contribution in [-0.4, -0.2) is 30.9 Å². The van der Waals surface area contributed by atoms with E-state index in [1.165, 1.54) is 0 Å². The van der Waals surface area contributed by atoms with Gasteiger partial charge in [0.2, 0.25) is 0 Å². The third-order valence-corrected chi connectivity index (χ3v) is 7.22. The lowest BCUT2D eigenvalue weighted by Gasteiger charge is -2.39. The van der Waals surface area contributed by atoms with Crippen LogP contribution in [0.2, 0.25) is 0 Å². The number of nitrogens with one attached hydrogen (secondary N) is 1. The van der Waals surface area contributed by atoms with Crippen molar-refractivity contribution in [1.82, 2.24) is 5.32 Å². The summed E-state index contributed by atoms with van der Waals surface area (Å²) >= 11 is 3.60. The van der Waals surface area contributed by atoms with Gasteiger partial charge in [-0.25, -0.2) is 4.79 Å². The fraction of sp³-hybridized carbons (Fsp3) is 0.321. The van der Waals surface area contributed by atoms with Crippen LogP contribution in [0.4, 0.5) is 0 Å². The van der Waals surface area contributed by atoms with E-state index >= 15 is 0 Å². The summed E-state index contributed by atoms with van der Waals surface area (Å²) in [6.45, 7) is 5.67. The molecule has 2 aromatic carbocycles. The van der Waals surface area contributed by atoms with Crippen LogP contribution in [-0.2, 0) is 23.9 Å². The number of rotatable bonds is 6. The van der Waals surface area contributed by atoms with Gasteiger partial charge in [-0.2, -0.15) is 0 Å². The largest absolute Gasteiger partial charge is 0.465 e. The molecule has 182 valence electrons. The standard InChI is InChI=1S/C28H28BrNO5/c1-4-34-27(32)22-16(3)30-21-15-19(17-11-7-6-8-12-17)24(28(33)35-5-2)26(31)25(21)23(22)18-13-9-10-14-20(18)29/h6-14,19,23-24,30H,4-5,15H2,1-3H3. The number of hydrogen-bond donors (Lipinski definition) is 1. The topological polar surface area (TPSA) is 81.7 Å². The van der Waals surface area contributed by atoms with Gasteiger partial charge in [-0.15, -0.1) is 0 Å². The summed E-state index contributed by atoms with van der Waals surface area (Å²) in [7, 11) is 0. The summed E-state index contributed by atoms with van der Waals surface area (Å²) in [6.07, 6.45) is 0.433. The van der Waals surface area contributed by atoms with Crippen LogP contribution in [0.15, 0.2) is 81.6 Å². The lowest BCUT2D eigenvalue weighted by atomic mass is 9.67. The highest BCUT2D eigenvalue weighted by atomic mass is 79.9. The summed E-state index contributed by atoms with van der Waals surface area (Å²) < 4.78 is 11.5. The maximum atomic E-state index is 14.2. The third-order valence-electron chi connectivity index (χ3n) is 6.50. The van der Waals surface area contributed by atoms with Crippen LogP contribution in [0.3, 0.4) is 0 Å². The number of esters is 2. The van der Waals surface area contributed by atoms with Gasteiger partial charge < -0.3 is 14.8 Å². The normalized spacial score (nSPS) is 21.8. The van der Waals surface area contributed by atoms with Crippen LogP contribution < -0.4 is 5.32 Å². The van der Waals surface area contributed by atoms with Crippen molar-refractivity contribution in [2.45, 2.75) is 39.0 Å². The minimum atomic E-state index is -1.01. The van der Waals surface area contributed by atoms with Crippen molar-refractivity contribution >= 4 is 33.7 Å². The number of carbonyl (C=O) groups is 3. The molecule has 0 radical (unpaired) electrons. The molecule has 0 fully saturated rings. The van der Waals surface area contributed by atoms with Crippen LogP contribution >= 0.6 is 15.9 Å². The predicted molar refractivity (Wildman–Crippen MR) is 135 cm³/mol. The first-order valence-electron chi connectivity index (χ1n) is 11.8. The van der Waals surface area contributed by atoms with Gasteiger partial charge in [-0.3, -0.25) is 9.59 Å². The summed E-state index contributed by atoms with van der Waals surface area (Å²) in [4.78, 5) is 40.5. The molecular weight excluding hydrogens is 510 g/mol. The van der Waals surface area contributed by atoms with Crippen molar-refractivity contribution in [2.24, 2.45) is 5.92 Å². The van der Waals surface area contributed by atoms with Gasteiger partial charge in [-0.1, -0.05) is 64.5 Å². The molecule has 0 amide bonds. The van der Waals surface area contributed by atoms with Crippen molar-refractivity contribution in [2.75, 3.05) is 13.2 Å². The second-order valence-electron chi connectivity index (χ2n) is 8.55. The van der Waals surface area contributed by atoms with E-state index in [-0.39, 0.29) is 24.9 Å². The Kier molecular flexibility index (Phi) is 7.55. The van der Waals surface area contributed by atoms with E-state index in [1.807, 2.05) is 61.5 Å². The first kappa shape index (κ1) is 24.9. The zero-order chi connectivity index (χ0) is 25.1. The number of ketones is 1. The van der Waals surface area contributed by atoms with Crippen LogP contribution in [0, 0.1) is 5.92 Å². The van der Waals surface area contributed by atoms with E-state index in [9.17, 15) is 14.4 Å². The van der Waals surface area contributed by atoms with Crippen molar-refractivity contribution in [3.8, 4) is 0 Å². The second-order valence-corrected chi connectivity index (χ2v) is 9.40. The molecule has 4 rings (SSSR count). The number of carbonyl (C=O) groups excluding carboxylic acids is 3. The molecule has 7 heteroatoms. The molecule has 35 heavy (non-hydrogen) atoms. The van der Waals surface area contributed by atoms with E-state index < -0.39 is 23.8 Å². The van der Waals surface area contributed by atoms with Crippen LogP contribution in [0.5, 0.6) is 0 Å². The van der Waals surface area contributed by atoms with Crippen molar-refractivity contribution in [3.05, 3.63) is 92.7 Å². The molecule has 1 aliphatic carbocycles. The third kappa shape index (κ3) is 4.69. The average molecular weight is 538 g/mol. The average Bonchev–Trinajstić information content (AvgIpc) is 2.84. The molecule has 0 bridgehead atoms. The smallest absolute Gasteiger partial charge is 0.336 e. The maximum absolute atomic E-state index is 14.2. The Labute approximate surface area is 213 Å². The van der Waals surface area contributed by atoms with Crippen molar-refractivity contribution < 1.29 is 23.9 Å². The second kappa shape index (κ2) is 10.6. The summed E-state index contributed by atoms with van der Waals surface area (Å²) in [6, 6.07) is 17.0. The summed E-state index contributed by atoms with van der Waals surface area (Å²) in [5.41, 5.74) is 3.79. The number of hydrogen-bond acceptors (Lipinski definition) is 6. The Bertz CT molecular complexity index is 1220. The van der Waals surface area contributed by atoms with Gasteiger partial charge in [0.05, 0.1) is 18.8 Å². The van der Waals surface area contributed by atoms with Gasteiger partial charge in [0.25, 0.3) is 0 Å². The quantitative estimate of drug-likeness (QED) is 0.404. The van der Waals surface area contributed by atoms with Gasteiger partial charge >= 0.3 is 11.9 Å². The van der Waals surface area contributed by atoms with E-state index in [4.69, 9.17) is 9.47 Å². The molecule has 0 saturated heterocycles. The zero-order valence-electron chi connectivity index (χ0n) is 20.0. The minimum Gasteiger partial charge on any atom is -0.465 e. The fourth-order valence-corrected chi connectivity index (χ4v) is 5.56. The Morgan fingerprint density at radius 2 is 1.66 bits per heavy atom. The number of allylic oxidation sites excluding steroid dienone is 3. The monoisotopic (exact) mass is 537 g/mol. The number of dihydropyridines is 1. The first-order valence-corrected chi connectivity index (χ1v) is 12.6. The van der Waals surface area contributed by atoms with Crippen molar-refractivity contribution in [1.29, 1.82) is 0 Å². The Morgan fingerprint density at radius 3 is 2.31 bits per heavy atom. The Morgan fingerprint density at radius 1 is 1.00 bits per heavy atom. The summed E-state index contributed by atoms with van der Waals surface area (Å²) in [5, 5.41) is 3.32. The lowest BCUT2D eigenvalue weighted by molar-refractivity contribution is -0.152. The van der Waals surface area contributed by atoms with Gasteiger partial charge in [0.1, 0.15) is 5.92 Å². The molecule has 6 nitrogen and oxygen atoms in total. The number of halogens is 1.